The smallest absolute Gasteiger partial charge is 0.313 e. The molecule has 1 saturated carbocycles. The molecule has 2 amide bonds. The number of aliphatic hydroxyl groups excluding tert-OH is 1. The Kier molecular flexibility index (Phi) is 5.64. The van der Waals surface area contributed by atoms with Crippen molar-refractivity contribution in [2.75, 3.05) is 18.1 Å². The van der Waals surface area contributed by atoms with Gasteiger partial charge in [-0.25, -0.2) is 0 Å². The van der Waals surface area contributed by atoms with Crippen molar-refractivity contribution >= 4 is 29.3 Å². The van der Waals surface area contributed by atoms with Crippen LogP contribution in [0.2, 0.25) is 0 Å². The number of benzene rings is 1. The van der Waals surface area contributed by atoms with Gasteiger partial charge in [0, 0.05) is 17.1 Å². The Morgan fingerprint density at radius 1 is 1.38 bits per heavy atom. The molecule has 0 saturated heterocycles. The van der Waals surface area contributed by atoms with Crippen molar-refractivity contribution in [1.82, 2.24) is 5.32 Å². The summed E-state index contributed by atoms with van der Waals surface area (Å²) < 4.78 is 0. The number of aliphatic hydroxyl groups is 1. The van der Waals surface area contributed by atoms with Gasteiger partial charge in [-0.3, -0.25) is 9.59 Å². The van der Waals surface area contributed by atoms with Crippen LogP contribution in [-0.2, 0) is 9.59 Å². The van der Waals surface area contributed by atoms with Crippen LogP contribution >= 0.6 is 11.8 Å². The van der Waals surface area contributed by atoms with Gasteiger partial charge in [-0.15, -0.1) is 11.8 Å². The molecule has 3 N–H and O–H groups in total. The molecule has 5 nitrogen and oxygen atoms in total. The molecule has 1 unspecified atom stereocenters. The van der Waals surface area contributed by atoms with E-state index in [1.54, 1.807) is 17.8 Å². The SMILES string of the molecule is CSc1cccc(NC(=O)C(=O)NCCC(O)C2CC2)c1. The Morgan fingerprint density at radius 2 is 2.14 bits per heavy atom. The highest BCUT2D eigenvalue weighted by atomic mass is 32.2. The van der Waals surface area contributed by atoms with E-state index < -0.39 is 11.8 Å². The molecule has 1 fully saturated rings. The van der Waals surface area contributed by atoms with Crippen molar-refractivity contribution in [3.8, 4) is 0 Å². The van der Waals surface area contributed by atoms with Crippen LogP contribution in [0.4, 0.5) is 5.69 Å². The molecule has 21 heavy (non-hydrogen) atoms. The summed E-state index contributed by atoms with van der Waals surface area (Å²) in [6.07, 6.45) is 4.18. The largest absolute Gasteiger partial charge is 0.393 e. The Balaban J connectivity index is 1.74. The summed E-state index contributed by atoms with van der Waals surface area (Å²) in [5, 5.41) is 14.8. The number of carbonyl (C=O) groups is 2. The number of hydrogen-bond acceptors (Lipinski definition) is 4. The average Bonchev–Trinajstić information content (AvgIpc) is 3.31. The molecule has 0 bridgehead atoms. The highest BCUT2D eigenvalue weighted by molar-refractivity contribution is 7.98. The summed E-state index contributed by atoms with van der Waals surface area (Å²) in [6, 6.07) is 7.31. The second kappa shape index (κ2) is 7.47. The third-order valence-electron chi connectivity index (χ3n) is 3.43. The van der Waals surface area contributed by atoms with Crippen LogP contribution in [0.3, 0.4) is 0 Å². The summed E-state index contributed by atoms with van der Waals surface area (Å²) in [5.74, 6) is -0.980. The number of carbonyl (C=O) groups excluding carboxylic acids is 2. The minimum atomic E-state index is -0.686. The van der Waals surface area contributed by atoms with Gasteiger partial charge in [0.15, 0.2) is 0 Å². The second-order valence-electron chi connectivity index (χ2n) is 5.14. The molecular formula is C15H20N2O3S. The van der Waals surface area contributed by atoms with Crippen molar-refractivity contribution < 1.29 is 14.7 Å². The molecule has 0 radical (unpaired) electrons. The van der Waals surface area contributed by atoms with Gasteiger partial charge >= 0.3 is 11.8 Å². The molecule has 0 aromatic heterocycles. The molecule has 0 aliphatic heterocycles. The van der Waals surface area contributed by atoms with Crippen LogP contribution < -0.4 is 10.6 Å². The fourth-order valence-electron chi connectivity index (χ4n) is 2.02. The monoisotopic (exact) mass is 308 g/mol. The maximum absolute atomic E-state index is 11.7. The molecule has 2 rings (SSSR count). The topological polar surface area (TPSA) is 78.4 Å². The van der Waals surface area contributed by atoms with Crippen LogP contribution in [0, 0.1) is 5.92 Å². The third-order valence-corrected chi connectivity index (χ3v) is 4.15. The fourth-order valence-corrected chi connectivity index (χ4v) is 2.48. The molecule has 1 atom stereocenters. The molecule has 1 aliphatic rings. The van der Waals surface area contributed by atoms with Crippen LogP contribution in [0.1, 0.15) is 19.3 Å². The molecule has 0 heterocycles. The molecule has 114 valence electrons. The third kappa shape index (κ3) is 5.06. The molecule has 6 heteroatoms. The van der Waals surface area contributed by atoms with Crippen molar-refractivity contribution in [3.63, 3.8) is 0 Å². The van der Waals surface area contributed by atoms with Crippen molar-refractivity contribution in [2.24, 2.45) is 5.92 Å². The van der Waals surface area contributed by atoms with E-state index in [1.807, 2.05) is 24.5 Å². The van der Waals surface area contributed by atoms with Crippen LogP contribution in [-0.4, -0.2) is 35.8 Å². The number of hydrogen-bond donors (Lipinski definition) is 3. The summed E-state index contributed by atoms with van der Waals surface area (Å²) in [4.78, 5) is 24.4. The van der Waals surface area contributed by atoms with Gasteiger partial charge in [0.1, 0.15) is 0 Å². The summed E-state index contributed by atoms with van der Waals surface area (Å²) in [5.41, 5.74) is 0.597. The molecule has 1 aromatic carbocycles. The van der Waals surface area contributed by atoms with E-state index >= 15 is 0 Å². The minimum Gasteiger partial charge on any atom is -0.393 e. The minimum absolute atomic E-state index is 0.314. The van der Waals surface area contributed by atoms with E-state index in [0.717, 1.165) is 17.7 Å². The summed E-state index contributed by atoms with van der Waals surface area (Å²) in [7, 11) is 0. The highest BCUT2D eigenvalue weighted by Crippen LogP contribution is 2.33. The number of amides is 2. The number of anilines is 1. The van der Waals surface area contributed by atoms with Gasteiger partial charge in [0.2, 0.25) is 0 Å². The Hall–Kier alpha value is -1.53. The number of rotatable bonds is 6. The Bertz CT molecular complexity index is 517. The van der Waals surface area contributed by atoms with E-state index in [-0.39, 0.29) is 6.10 Å². The summed E-state index contributed by atoms with van der Waals surface area (Å²) >= 11 is 1.56. The number of nitrogens with one attached hydrogen (secondary N) is 2. The Labute approximate surface area is 128 Å². The standard InChI is InChI=1S/C15H20N2O3S/c1-21-12-4-2-3-11(9-12)17-15(20)14(19)16-8-7-13(18)10-5-6-10/h2-4,9-10,13,18H,5-8H2,1H3,(H,16,19)(H,17,20). The van der Waals surface area contributed by atoms with Gasteiger partial charge in [-0.1, -0.05) is 6.07 Å². The molecule has 1 aromatic rings. The van der Waals surface area contributed by atoms with Crippen molar-refractivity contribution in [1.29, 1.82) is 0 Å². The zero-order chi connectivity index (χ0) is 15.2. The zero-order valence-electron chi connectivity index (χ0n) is 12.0. The average molecular weight is 308 g/mol. The maximum atomic E-state index is 11.7. The van der Waals surface area contributed by atoms with Crippen LogP contribution in [0.25, 0.3) is 0 Å². The predicted molar refractivity (Wildman–Crippen MR) is 83.2 cm³/mol. The van der Waals surface area contributed by atoms with E-state index in [1.165, 1.54) is 0 Å². The fraction of sp³-hybridized carbons (Fsp3) is 0.467. The predicted octanol–water partition coefficient (Wildman–Crippen LogP) is 1.62. The van der Waals surface area contributed by atoms with Crippen LogP contribution in [0.5, 0.6) is 0 Å². The lowest BCUT2D eigenvalue weighted by molar-refractivity contribution is -0.136. The lowest BCUT2D eigenvalue weighted by Crippen LogP contribution is -2.37. The van der Waals surface area contributed by atoms with E-state index in [4.69, 9.17) is 0 Å². The lowest BCUT2D eigenvalue weighted by atomic mass is 10.2. The normalized spacial score (nSPS) is 15.3. The first-order chi connectivity index (χ1) is 10.1. The van der Waals surface area contributed by atoms with E-state index in [9.17, 15) is 14.7 Å². The molecular weight excluding hydrogens is 288 g/mol. The maximum Gasteiger partial charge on any atom is 0.313 e. The van der Waals surface area contributed by atoms with Gasteiger partial charge < -0.3 is 15.7 Å². The van der Waals surface area contributed by atoms with Gasteiger partial charge in [-0.05, 0) is 49.6 Å². The molecule has 0 spiro atoms. The first kappa shape index (κ1) is 15.9. The van der Waals surface area contributed by atoms with E-state index in [0.29, 0.717) is 24.6 Å². The first-order valence-electron chi connectivity index (χ1n) is 7.01. The highest BCUT2D eigenvalue weighted by Gasteiger charge is 2.29. The van der Waals surface area contributed by atoms with Gasteiger partial charge in [-0.2, -0.15) is 0 Å². The molecule has 1 aliphatic carbocycles. The summed E-state index contributed by atoms with van der Waals surface area (Å²) in [6.45, 7) is 0.314. The van der Waals surface area contributed by atoms with Gasteiger partial charge in [0.05, 0.1) is 6.10 Å². The first-order valence-corrected chi connectivity index (χ1v) is 8.24. The Morgan fingerprint density at radius 3 is 2.81 bits per heavy atom. The van der Waals surface area contributed by atoms with Gasteiger partial charge in [0.25, 0.3) is 0 Å². The zero-order valence-corrected chi connectivity index (χ0v) is 12.8. The quantitative estimate of drug-likeness (QED) is 0.551. The lowest BCUT2D eigenvalue weighted by Gasteiger charge is -2.10. The van der Waals surface area contributed by atoms with E-state index in [2.05, 4.69) is 10.6 Å². The van der Waals surface area contributed by atoms with Crippen molar-refractivity contribution in [3.05, 3.63) is 24.3 Å². The number of thioether (sulfide) groups is 1. The van der Waals surface area contributed by atoms with Crippen molar-refractivity contribution in [2.45, 2.75) is 30.3 Å². The second-order valence-corrected chi connectivity index (χ2v) is 6.02. The van der Waals surface area contributed by atoms with Crippen LogP contribution in [0.15, 0.2) is 29.2 Å².